The van der Waals surface area contributed by atoms with Crippen LogP contribution >= 0.6 is 23.2 Å². The van der Waals surface area contributed by atoms with Crippen molar-refractivity contribution in [2.45, 2.75) is 199 Å². The van der Waals surface area contributed by atoms with Gasteiger partial charge in [-0.25, -0.2) is 24.7 Å². The lowest BCUT2D eigenvalue weighted by atomic mass is 9.97. The molecule has 452 valence electrons. The van der Waals surface area contributed by atoms with Gasteiger partial charge >= 0.3 is 18.0 Å². The van der Waals surface area contributed by atoms with Crippen LogP contribution in [0.5, 0.6) is 0 Å². The number of carboxylic acid groups (broad SMARTS) is 1. The minimum atomic E-state index is -1.27. The van der Waals surface area contributed by atoms with Gasteiger partial charge in [0.15, 0.2) is 11.3 Å². The summed E-state index contributed by atoms with van der Waals surface area (Å²) < 4.78 is 22.6. The van der Waals surface area contributed by atoms with Crippen molar-refractivity contribution >= 4 is 105 Å². The van der Waals surface area contributed by atoms with Crippen molar-refractivity contribution in [2.75, 3.05) is 16.4 Å². The molecule has 10 heterocycles. The van der Waals surface area contributed by atoms with Crippen LogP contribution in [0.2, 0.25) is 35.7 Å². The highest BCUT2D eigenvalue weighted by atomic mass is 35.5. The third kappa shape index (κ3) is 13.4. The number of aromatic nitrogens is 10. The van der Waals surface area contributed by atoms with E-state index in [9.17, 15) is 14.4 Å². The van der Waals surface area contributed by atoms with E-state index in [0.717, 1.165) is 135 Å². The van der Waals surface area contributed by atoms with Crippen molar-refractivity contribution < 1.29 is 33.7 Å². The molecule has 0 spiro atoms. The zero-order chi connectivity index (χ0) is 60.3. The number of carboxylic acids is 1. The van der Waals surface area contributed by atoms with E-state index in [1.54, 1.807) is 15.6 Å². The molecule has 6 aromatic heterocycles. The van der Waals surface area contributed by atoms with Gasteiger partial charge in [-0.1, -0.05) is 55.0 Å². The Morgan fingerprint density at radius 1 is 0.718 bits per heavy atom. The maximum atomic E-state index is 12.6. The molecule has 24 heteroatoms. The van der Waals surface area contributed by atoms with E-state index < -0.39 is 25.2 Å². The number of aromatic amines is 1. The Kier molecular flexibility index (Phi) is 16.7. The zero-order valence-electron chi connectivity index (χ0n) is 50.0. The molecular formula is C61H78Cl2N14O7Si. The lowest BCUT2D eigenvalue weighted by Gasteiger charge is -2.39. The molecule has 6 atom stereocenters. The molecule has 4 saturated heterocycles. The molecule has 2 aromatic carbocycles. The largest absolute Gasteiger partial charge is 0.481 e. The first-order valence-electron chi connectivity index (χ1n) is 29.7. The molecule has 0 radical (unpaired) electrons. The molecule has 1 amide bonds. The lowest BCUT2D eigenvalue weighted by molar-refractivity contribution is -0.155. The summed E-state index contributed by atoms with van der Waals surface area (Å²) in [5.74, 6) is 0.595. The third-order valence-electron chi connectivity index (χ3n) is 16.3. The number of piperidine rings is 2. The number of rotatable bonds is 16. The predicted octanol–water partition coefficient (Wildman–Crippen LogP) is 11.7. The number of ether oxygens (including phenoxy) is 3. The summed E-state index contributed by atoms with van der Waals surface area (Å²) >= 11 is 13.9. The van der Waals surface area contributed by atoms with Gasteiger partial charge in [-0.3, -0.25) is 19.0 Å². The van der Waals surface area contributed by atoms with Crippen molar-refractivity contribution in [1.82, 2.24) is 54.4 Å². The SMILES string of the molecule is CC(C)(C)OC(=O)CCn1cc2c(Cl)c(-c3cn(COCC[Si](C)(C)C)c4nc(N5[C@@H]6CC[C@H]5CC(NC(=O)OC(C)(C)C)C6)cnc34)ccc2n1.NC1C[C@H]2CC[C@@H](C1)N2c1cnc2c(-c3ccc4nn(CCC(=O)O)cc4c3Cl)c[nH]c2n1. The van der Waals surface area contributed by atoms with E-state index in [1.807, 2.05) is 101 Å². The van der Waals surface area contributed by atoms with Gasteiger partial charge in [-0.15, -0.1) is 0 Å². The van der Waals surface area contributed by atoms with Crippen LogP contribution in [-0.4, -0.2) is 134 Å². The fourth-order valence-corrected chi connectivity index (χ4v) is 14.0. The fourth-order valence-electron chi connectivity index (χ4n) is 12.6. The summed E-state index contributed by atoms with van der Waals surface area (Å²) in [5, 5.41) is 23.8. The maximum absolute atomic E-state index is 12.6. The van der Waals surface area contributed by atoms with Crippen LogP contribution in [0, 0.1) is 0 Å². The average molecular weight is 1220 g/mol. The molecule has 12 rings (SSSR count). The number of esters is 1. The van der Waals surface area contributed by atoms with E-state index >= 15 is 0 Å². The minimum absolute atomic E-state index is 0.00348. The van der Waals surface area contributed by atoms with Crippen LogP contribution in [-0.2, 0) is 43.6 Å². The van der Waals surface area contributed by atoms with Crippen LogP contribution < -0.4 is 20.9 Å². The van der Waals surface area contributed by atoms with Crippen molar-refractivity contribution in [1.29, 1.82) is 0 Å². The fraction of sp³-hybridized carbons (Fsp3) is 0.525. The van der Waals surface area contributed by atoms with Crippen molar-refractivity contribution in [2.24, 2.45) is 5.73 Å². The molecule has 2 unspecified atom stereocenters. The summed E-state index contributed by atoms with van der Waals surface area (Å²) in [6, 6.07) is 10.5. The highest BCUT2D eigenvalue weighted by Crippen LogP contribution is 2.43. The molecule has 4 aliphatic rings. The summed E-state index contributed by atoms with van der Waals surface area (Å²) in [7, 11) is -1.27. The van der Waals surface area contributed by atoms with Crippen LogP contribution in [0.25, 0.3) is 66.4 Å². The second-order valence-corrected chi connectivity index (χ2v) is 32.9. The summed E-state index contributed by atoms with van der Waals surface area (Å²) in [6.07, 6.45) is 19.2. The summed E-state index contributed by atoms with van der Waals surface area (Å²) in [6.45, 7) is 19.9. The third-order valence-corrected chi connectivity index (χ3v) is 18.9. The van der Waals surface area contributed by atoms with Gasteiger partial charge in [0.25, 0.3) is 0 Å². The second kappa shape index (κ2) is 23.8. The molecule has 4 bridgehead atoms. The van der Waals surface area contributed by atoms with Gasteiger partial charge in [-0.2, -0.15) is 10.2 Å². The Bertz CT molecular complexity index is 3770. The van der Waals surface area contributed by atoms with Crippen LogP contribution in [0.1, 0.15) is 106 Å². The van der Waals surface area contributed by atoms with E-state index in [1.165, 1.54) is 0 Å². The monoisotopic (exact) mass is 1220 g/mol. The number of carbonyl (C=O) groups excluding carboxylic acids is 2. The number of aryl methyl sites for hydroxylation is 2. The minimum Gasteiger partial charge on any atom is -0.481 e. The van der Waals surface area contributed by atoms with E-state index in [2.05, 4.69) is 49.9 Å². The number of nitrogens with zero attached hydrogens (tertiary/aromatic N) is 11. The van der Waals surface area contributed by atoms with E-state index in [-0.39, 0.29) is 49.1 Å². The number of alkyl carbamates (subject to hydrolysis) is 1. The molecule has 4 fully saturated rings. The quantitative estimate of drug-likeness (QED) is 0.0399. The maximum Gasteiger partial charge on any atom is 0.407 e. The van der Waals surface area contributed by atoms with E-state index in [4.69, 9.17) is 68.2 Å². The molecule has 85 heavy (non-hydrogen) atoms. The number of fused-ring (bicyclic) bond motifs is 8. The van der Waals surface area contributed by atoms with Crippen LogP contribution in [0.4, 0.5) is 16.4 Å². The van der Waals surface area contributed by atoms with Gasteiger partial charge in [0.1, 0.15) is 40.6 Å². The number of anilines is 2. The normalized spacial score (nSPS) is 20.6. The smallest absolute Gasteiger partial charge is 0.407 e. The molecule has 0 aliphatic carbocycles. The number of benzene rings is 2. The molecule has 21 nitrogen and oxygen atoms in total. The standard InChI is InChI=1S/C38H54ClN7O5Si.C23H24ClN7O2/c1-37(2,3)50-32(47)14-15-45-22-29-30(43-45)13-12-27(33(29)39)28-21-44(23-49-16-17-52(7,8)9)35-34(28)40-20-31(42-35)46-25-10-11-26(46)19-24(18-25)41-36(48)51-38(4,5)6;24-21-15(3-4-18-17(21)11-30(29-18)6-5-20(32)33)16-9-27-23-22(16)26-10-19(28-23)31-13-1-2-14(31)8-12(25)7-13/h12-13,20-22,24-26H,10-11,14-19,23H2,1-9H3,(H,41,48);3-4,9-14H,1-2,5-8,25H2,(H,27,28)(H,32,33)/t24?,25-,26+;12?,13-,14+. The first-order chi connectivity index (χ1) is 40.3. The zero-order valence-corrected chi connectivity index (χ0v) is 52.5. The Morgan fingerprint density at radius 3 is 1.82 bits per heavy atom. The van der Waals surface area contributed by atoms with Crippen molar-refractivity contribution in [3.63, 3.8) is 0 Å². The Labute approximate surface area is 505 Å². The van der Waals surface area contributed by atoms with Crippen molar-refractivity contribution in [3.05, 3.63) is 71.5 Å². The molecule has 0 saturated carbocycles. The van der Waals surface area contributed by atoms with Gasteiger partial charge in [0, 0.05) is 109 Å². The first kappa shape index (κ1) is 59.9. The number of halogens is 2. The number of aliphatic carboxylic acids is 1. The van der Waals surface area contributed by atoms with E-state index in [0.29, 0.717) is 48.6 Å². The lowest BCUT2D eigenvalue weighted by Crippen LogP contribution is -2.51. The summed E-state index contributed by atoms with van der Waals surface area (Å²) in [4.78, 5) is 63.8. The molecular weight excluding hydrogens is 1140 g/mol. The Balaban J connectivity index is 0.000000195. The van der Waals surface area contributed by atoms with Crippen LogP contribution in [0.3, 0.4) is 0 Å². The van der Waals surface area contributed by atoms with Crippen molar-refractivity contribution in [3.8, 4) is 22.3 Å². The van der Waals surface area contributed by atoms with Gasteiger partial charge < -0.3 is 49.7 Å². The summed E-state index contributed by atoms with van der Waals surface area (Å²) in [5.41, 5.74) is 13.0. The number of carbonyl (C=O) groups is 3. The number of amides is 1. The van der Waals surface area contributed by atoms with Gasteiger partial charge in [0.05, 0.1) is 59.4 Å². The highest BCUT2D eigenvalue weighted by molar-refractivity contribution is 6.76. The average Bonchev–Trinajstić information content (AvgIpc) is 2.15. The number of hydrogen-bond acceptors (Lipinski definition) is 15. The number of hydrogen-bond donors (Lipinski definition) is 4. The van der Waals surface area contributed by atoms with Gasteiger partial charge in [0.2, 0.25) is 0 Å². The highest BCUT2D eigenvalue weighted by Gasteiger charge is 2.43. The van der Waals surface area contributed by atoms with Crippen LogP contribution in [0.15, 0.2) is 61.4 Å². The Hall–Kier alpha value is -6.85. The number of nitrogens with one attached hydrogen (secondary N) is 2. The van der Waals surface area contributed by atoms with Gasteiger partial charge in [-0.05, 0) is 111 Å². The second-order valence-electron chi connectivity index (χ2n) is 26.5. The predicted molar refractivity (Wildman–Crippen MR) is 334 cm³/mol. The molecule has 4 aliphatic heterocycles. The number of H-pyrrole nitrogens is 1. The molecule has 8 aromatic rings. The molecule has 5 N–H and O–H groups in total. The first-order valence-corrected chi connectivity index (χ1v) is 34.1. The topological polar surface area (TPSA) is 252 Å². The number of nitrogens with two attached hydrogens (primary N) is 1. The Morgan fingerprint density at radius 2 is 1.26 bits per heavy atom.